The van der Waals surface area contributed by atoms with Crippen molar-refractivity contribution in [2.75, 3.05) is 10.2 Å². The highest BCUT2D eigenvalue weighted by molar-refractivity contribution is 7.22. The number of pyridine rings is 1. The molecule has 10 aromatic rings. The summed E-state index contributed by atoms with van der Waals surface area (Å²) in [5.74, 6) is 1.32. The third kappa shape index (κ3) is 7.94. The van der Waals surface area contributed by atoms with Gasteiger partial charge in [-0.2, -0.15) is 15.0 Å². The van der Waals surface area contributed by atoms with E-state index < -0.39 is 0 Å². The number of halogens is 2. The van der Waals surface area contributed by atoms with E-state index in [4.69, 9.17) is 53.5 Å². The molecule has 0 bridgehead atoms. The molecule has 1 N–H and O–H groups in total. The summed E-state index contributed by atoms with van der Waals surface area (Å²) in [7, 11) is 0. The van der Waals surface area contributed by atoms with Gasteiger partial charge in [-0.3, -0.25) is 4.90 Å². The fraction of sp³-hybridized carbons (Fsp3) is 0.135. The molecule has 0 saturated carbocycles. The monoisotopic (exact) mass is 938 g/mol. The Hall–Kier alpha value is -7.01. The fourth-order valence-electron chi connectivity index (χ4n) is 8.64. The van der Waals surface area contributed by atoms with Gasteiger partial charge in [0.15, 0.2) is 16.8 Å². The van der Waals surface area contributed by atoms with Gasteiger partial charge >= 0.3 is 0 Å². The molecule has 0 saturated heterocycles. The molecule has 0 amide bonds. The largest absolute Gasteiger partial charge is 0.338 e. The van der Waals surface area contributed by atoms with E-state index in [-0.39, 0.29) is 11.4 Å². The maximum atomic E-state index is 11.0. The molecule has 0 spiro atoms. The normalized spacial score (nSPS) is 11.6. The summed E-state index contributed by atoms with van der Waals surface area (Å²) >= 11 is 15.9. The minimum atomic E-state index is 0.226. The van der Waals surface area contributed by atoms with Crippen LogP contribution in [-0.4, -0.2) is 24.7 Å². The lowest BCUT2D eigenvalue weighted by atomic mass is 10.0. The van der Waals surface area contributed by atoms with Gasteiger partial charge in [-0.05, 0) is 136 Å². The molecule has 324 valence electrons. The van der Waals surface area contributed by atoms with Crippen LogP contribution in [0.15, 0.2) is 119 Å². The van der Waals surface area contributed by atoms with Gasteiger partial charge in [0.1, 0.15) is 28.8 Å². The molecule has 66 heavy (non-hydrogen) atoms. The van der Waals surface area contributed by atoms with Gasteiger partial charge in [0.05, 0.1) is 26.1 Å². The van der Waals surface area contributed by atoms with E-state index >= 15 is 0 Å². The van der Waals surface area contributed by atoms with Gasteiger partial charge in [-0.15, -0.1) is 10.2 Å². The highest BCUT2D eigenvalue weighted by Gasteiger charge is 2.27. The topological polar surface area (TPSA) is 120 Å². The van der Waals surface area contributed by atoms with Gasteiger partial charge in [-0.1, -0.05) is 118 Å². The Kier molecular flexibility index (Phi) is 11.1. The summed E-state index contributed by atoms with van der Waals surface area (Å²) in [5.41, 5.74) is 12.7. The Morgan fingerprint density at radius 2 is 1.29 bits per heavy atom. The van der Waals surface area contributed by atoms with Crippen LogP contribution in [0.25, 0.3) is 47.6 Å². The number of nitrogens with zero attached hydrogens (tertiary/aromatic N) is 9. The van der Waals surface area contributed by atoms with E-state index in [2.05, 4.69) is 88.2 Å². The van der Waals surface area contributed by atoms with E-state index in [1.165, 1.54) is 11.3 Å². The molecule has 0 aliphatic rings. The zero-order chi connectivity index (χ0) is 46.0. The van der Waals surface area contributed by atoms with Crippen LogP contribution in [-0.2, 0) is 0 Å². The van der Waals surface area contributed by atoms with Gasteiger partial charge in [0.25, 0.3) is 0 Å². The van der Waals surface area contributed by atoms with Crippen LogP contribution < -0.4 is 10.2 Å². The predicted octanol–water partition coefficient (Wildman–Crippen LogP) is 16.3. The van der Waals surface area contributed by atoms with Crippen LogP contribution >= 0.6 is 45.9 Å². The first kappa shape index (κ1) is 42.9. The molecular weight excluding hydrogens is 900 g/mol. The number of azo groups is 1. The van der Waals surface area contributed by atoms with Crippen molar-refractivity contribution >= 4 is 117 Å². The van der Waals surface area contributed by atoms with Crippen LogP contribution in [0.1, 0.15) is 44.5 Å². The molecule has 0 fully saturated rings. The van der Waals surface area contributed by atoms with Crippen LogP contribution in [0.5, 0.6) is 0 Å². The molecule has 0 aliphatic heterocycles. The van der Waals surface area contributed by atoms with Crippen LogP contribution in [0, 0.1) is 59.8 Å². The van der Waals surface area contributed by atoms with Crippen molar-refractivity contribution in [1.82, 2.24) is 24.7 Å². The van der Waals surface area contributed by atoms with Gasteiger partial charge < -0.3 is 5.32 Å². The Labute approximate surface area is 399 Å². The van der Waals surface area contributed by atoms with Crippen LogP contribution in [0.4, 0.5) is 39.6 Å². The van der Waals surface area contributed by atoms with E-state index in [1.54, 1.807) is 16.0 Å². The first-order valence-corrected chi connectivity index (χ1v) is 23.5. The van der Waals surface area contributed by atoms with Crippen LogP contribution in [0.2, 0.25) is 10.0 Å². The Morgan fingerprint density at radius 1 is 0.652 bits per heavy atom. The molecule has 4 aromatic heterocycles. The van der Waals surface area contributed by atoms with Crippen LogP contribution in [0.3, 0.4) is 0 Å². The molecular formula is C52H40Cl2N10S2. The number of hydrogen-bond donors (Lipinski definition) is 1. The smallest absolute Gasteiger partial charge is 0.213 e. The minimum absolute atomic E-state index is 0.226. The number of rotatable bonds is 9. The molecule has 10 rings (SSSR count). The van der Waals surface area contributed by atoms with E-state index in [0.29, 0.717) is 43.7 Å². The molecule has 0 atom stereocenters. The van der Waals surface area contributed by atoms with Crippen molar-refractivity contribution in [3.05, 3.63) is 164 Å². The molecule has 0 radical (unpaired) electrons. The summed E-state index contributed by atoms with van der Waals surface area (Å²) in [5, 5.41) is 34.2. The quantitative estimate of drug-likeness (QED) is 0.143. The number of nitriles is 1. The Balaban J connectivity index is 1.19. The summed E-state index contributed by atoms with van der Waals surface area (Å²) in [6.45, 7) is 14.6. The van der Waals surface area contributed by atoms with E-state index in [1.807, 2.05) is 85.8 Å². The zero-order valence-corrected chi connectivity index (χ0v) is 40.1. The van der Waals surface area contributed by atoms with Gasteiger partial charge in [-0.25, -0.2) is 15.0 Å². The van der Waals surface area contributed by atoms with E-state index in [9.17, 15) is 5.26 Å². The number of benzene rings is 6. The number of nitrogens with one attached hydrogen (secondary N) is 1. The first-order chi connectivity index (χ1) is 31.8. The van der Waals surface area contributed by atoms with Crippen molar-refractivity contribution in [2.45, 2.75) is 48.5 Å². The molecule has 4 heterocycles. The molecule has 0 aliphatic carbocycles. The standard InChI is InChI=1S/C52H40Cl2N10S2/c1-27-18-29(3)45(30(4)19-27)59-49-46(31(5)22-44(58-49)63(48-32(6)20-28(2)21-33(48)7)51-56-40-24-37(53)14-16-42(40)65-51)60-61-50-39(26-55)47(36-13-12-34-10-8-9-11-35(34)23-36)62-64(50)52-57-41-25-38(54)15-17-43(41)66-52/h8-25H,1-7H3,(H,58,59). The molecule has 0 unspecified atom stereocenters. The van der Waals surface area contributed by atoms with Crippen molar-refractivity contribution in [2.24, 2.45) is 10.2 Å². The number of fused-ring (bicyclic) bond motifs is 3. The highest BCUT2D eigenvalue weighted by atomic mass is 35.5. The predicted molar refractivity (Wildman–Crippen MR) is 274 cm³/mol. The van der Waals surface area contributed by atoms with Crippen molar-refractivity contribution in [1.29, 1.82) is 5.26 Å². The summed E-state index contributed by atoms with van der Waals surface area (Å²) in [6, 6.07) is 38.5. The van der Waals surface area contributed by atoms with Crippen molar-refractivity contribution in [3.63, 3.8) is 0 Å². The third-order valence-electron chi connectivity index (χ3n) is 11.5. The highest BCUT2D eigenvalue weighted by Crippen LogP contribution is 2.46. The summed E-state index contributed by atoms with van der Waals surface area (Å²) in [4.78, 5) is 17.6. The maximum absolute atomic E-state index is 11.0. The lowest BCUT2D eigenvalue weighted by Gasteiger charge is -2.27. The van der Waals surface area contributed by atoms with Crippen molar-refractivity contribution in [3.8, 4) is 22.5 Å². The maximum Gasteiger partial charge on any atom is 0.213 e. The summed E-state index contributed by atoms with van der Waals surface area (Å²) < 4.78 is 3.51. The van der Waals surface area contributed by atoms with Gasteiger partial charge in [0, 0.05) is 21.3 Å². The lowest BCUT2D eigenvalue weighted by Crippen LogP contribution is -2.15. The van der Waals surface area contributed by atoms with Crippen molar-refractivity contribution < 1.29 is 0 Å². The Morgan fingerprint density at radius 3 is 1.97 bits per heavy atom. The second kappa shape index (κ2) is 17.1. The van der Waals surface area contributed by atoms with Gasteiger partial charge in [0.2, 0.25) is 5.13 Å². The Bertz CT molecular complexity index is 3630. The van der Waals surface area contributed by atoms with E-state index in [0.717, 1.165) is 86.7 Å². The average molecular weight is 940 g/mol. The first-order valence-electron chi connectivity index (χ1n) is 21.1. The molecule has 14 heteroatoms. The SMILES string of the molecule is Cc1cc(C)c(Nc2nc(N(c3nc4cc(Cl)ccc4s3)c3c(C)cc(C)cc3C)cc(C)c2N=Nc2c(C#N)c(-c3ccc4ccccc4c3)nn2-c2nc3cc(Cl)ccc3s2)c(C)c1. The third-order valence-corrected chi connectivity index (χ3v) is 14.0. The second-order valence-corrected chi connectivity index (χ2v) is 19.4. The average Bonchev–Trinajstić information content (AvgIpc) is 4.00. The summed E-state index contributed by atoms with van der Waals surface area (Å²) in [6.07, 6.45) is 0. The molecule has 10 nitrogen and oxygen atoms in total. The number of anilines is 5. The second-order valence-electron chi connectivity index (χ2n) is 16.5. The number of hydrogen-bond acceptors (Lipinski definition) is 11. The number of aryl methyl sites for hydroxylation is 7. The number of aromatic nitrogens is 5. The number of thiazole rings is 2. The zero-order valence-electron chi connectivity index (χ0n) is 37.0. The minimum Gasteiger partial charge on any atom is -0.338 e. The fourth-order valence-corrected chi connectivity index (χ4v) is 10.8. The lowest BCUT2D eigenvalue weighted by molar-refractivity contribution is 0.866. The molecule has 6 aromatic carbocycles.